The molecule has 1 heterocycles. The third-order valence-corrected chi connectivity index (χ3v) is 5.01. The van der Waals surface area contributed by atoms with Crippen LogP contribution < -0.4 is 14.8 Å². The minimum Gasteiger partial charge on any atom is -0.483 e. The highest BCUT2D eigenvalue weighted by Gasteiger charge is 2.36. The van der Waals surface area contributed by atoms with Gasteiger partial charge in [0.05, 0.1) is 6.07 Å². The van der Waals surface area contributed by atoms with E-state index in [9.17, 15) is 10.1 Å². The van der Waals surface area contributed by atoms with Gasteiger partial charge in [0.25, 0.3) is 5.91 Å². The summed E-state index contributed by atoms with van der Waals surface area (Å²) in [6.07, 6.45) is 4.61. The van der Waals surface area contributed by atoms with Crippen molar-refractivity contribution in [3.8, 4) is 17.6 Å². The number of benzene rings is 1. The number of amides is 1. The molecule has 0 radical (unpaired) electrons. The molecule has 1 aliphatic carbocycles. The number of carbonyl (C=O) groups is 1. The molecule has 1 unspecified atom stereocenters. The monoisotopic (exact) mass is 342 g/mol. The number of hydrogen-bond acceptors (Lipinski definition) is 4. The van der Waals surface area contributed by atoms with Gasteiger partial charge in [-0.05, 0) is 39.7 Å². The minimum atomic E-state index is -0.746. The smallest absolute Gasteiger partial charge is 0.262 e. The molecule has 0 aromatic heterocycles. The summed E-state index contributed by atoms with van der Waals surface area (Å²) in [6.45, 7) is 5.78. The molecule has 2 aliphatic rings. The molecule has 5 nitrogen and oxygen atoms in total. The normalized spacial score (nSPS) is 21.4. The molecule has 0 spiro atoms. The maximum absolute atomic E-state index is 12.6. The number of para-hydroxylation sites is 1. The van der Waals surface area contributed by atoms with Crippen molar-refractivity contribution in [3.05, 3.63) is 23.8 Å². The summed E-state index contributed by atoms with van der Waals surface area (Å²) in [5, 5.41) is 12.4. The predicted octanol–water partition coefficient (Wildman–Crippen LogP) is 3.51. The number of carbonyl (C=O) groups excluding carboxylic acids is 1. The molecule has 3 rings (SSSR count). The first-order valence-electron chi connectivity index (χ1n) is 9.05. The van der Waals surface area contributed by atoms with E-state index in [1.54, 1.807) is 6.92 Å². The number of ether oxygens (including phenoxy) is 2. The lowest BCUT2D eigenvalue weighted by Gasteiger charge is -2.32. The molecule has 0 saturated heterocycles. The van der Waals surface area contributed by atoms with Gasteiger partial charge in [-0.25, -0.2) is 0 Å². The summed E-state index contributed by atoms with van der Waals surface area (Å²) >= 11 is 0. The van der Waals surface area contributed by atoms with E-state index in [0.29, 0.717) is 18.6 Å². The first-order chi connectivity index (χ1) is 11.8. The lowest BCUT2D eigenvalue weighted by Crippen LogP contribution is -2.52. The van der Waals surface area contributed by atoms with Crippen LogP contribution in [0.3, 0.4) is 0 Å². The van der Waals surface area contributed by atoms with Crippen LogP contribution in [0.25, 0.3) is 0 Å². The molecular formula is C20H26N2O3. The van der Waals surface area contributed by atoms with Crippen LogP contribution in [0, 0.1) is 11.3 Å². The average molecular weight is 342 g/mol. The maximum Gasteiger partial charge on any atom is 0.262 e. The molecule has 1 amide bonds. The molecule has 25 heavy (non-hydrogen) atoms. The van der Waals surface area contributed by atoms with Crippen molar-refractivity contribution in [1.29, 1.82) is 5.26 Å². The molecule has 1 fully saturated rings. The van der Waals surface area contributed by atoms with Gasteiger partial charge in [0.1, 0.15) is 11.1 Å². The van der Waals surface area contributed by atoms with Crippen LogP contribution >= 0.6 is 0 Å². The molecule has 1 aromatic carbocycles. The molecule has 1 N–H and O–H groups in total. The van der Waals surface area contributed by atoms with E-state index in [0.717, 1.165) is 37.0 Å². The van der Waals surface area contributed by atoms with Crippen molar-refractivity contribution in [2.75, 3.05) is 0 Å². The highest BCUT2D eigenvalue weighted by molar-refractivity contribution is 5.82. The van der Waals surface area contributed by atoms with Gasteiger partial charge >= 0.3 is 0 Å². The van der Waals surface area contributed by atoms with Gasteiger partial charge in [-0.3, -0.25) is 4.79 Å². The van der Waals surface area contributed by atoms with Gasteiger partial charge in [-0.15, -0.1) is 0 Å². The molecule has 5 heteroatoms. The van der Waals surface area contributed by atoms with Crippen molar-refractivity contribution in [3.63, 3.8) is 0 Å². The SMILES string of the molecule is CC(Oc1cccc2c1OC(C)(C)C2)C(=O)NC1(C#N)CCCCC1. The van der Waals surface area contributed by atoms with Crippen molar-refractivity contribution >= 4 is 5.91 Å². The molecule has 1 aromatic rings. The van der Waals surface area contributed by atoms with Crippen LogP contribution in [0.2, 0.25) is 0 Å². The zero-order valence-corrected chi connectivity index (χ0v) is 15.2. The Labute approximate surface area is 149 Å². The van der Waals surface area contributed by atoms with Crippen LogP contribution in [-0.2, 0) is 11.2 Å². The second-order valence-corrected chi connectivity index (χ2v) is 7.79. The second kappa shape index (κ2) is 6.59. The largest absolute Gasteiger partial charge is 0.483 e. The van der Waals surface area contributed by atoms with Gasteiger partial charge in [0, 0.05) is 12.0 Å². The first kappa shape index (κ1) is 17.6. The summed E-state index contributed by atoms with van der Waals surface area (Å²) in [4.78, 5) is 12.6. The third-order valence-electron chi connectivity index (χ3n) is 5.01. The first-order valence-corrected chi connectivity index (χ1v) is 9.05. The number of rotatable bonds is 4. The van der Waals surface area contributed by atoms with Gasteiger partial charge in [0.15, 0.2) is 17.6 Å². The fraction of sp³-hybridized carbons (Fsp3) is 0.600. The van der Waals surface area contributed by atoms with Gasteiger partial charge in [0.2, 0.25) is 0 Å². The highest BCUT2D eigenvalue weighted by atomic mass is 16.5. The summed E-state index contributed by atoms with van der Waals surface area (Å²) in [5.74, 6) is 1.05. The van der Waals surface area contributed by atoms with Crippen molar-refractivity contribution in [1.82, 2.24) is 5.32 Å². The second-order valence-electron chi connectivity index (χ2n) is 7.79. The molecule has 134 valence electrons. The number of nitriles is 1. The standard InChI is InChI=1S/C20H26N2O3/c1-14(18(23)22-20(13-21)10-5-4-6-11-20)24-16-9-7-8-15-12-19(2,3)25-17(15)16/h7-9,14H,4-6,10-12H2,1-3H3,(H,22,23). The van der Waals surface area contributed by atoms with Gasteiger partial charge in [-0.2, -0.15) is 5.26 Å². The van der Waals surface area contributed by atoms with Crippen molar-refractivity contribution in [2.24, 2.45) is 0 Å². The van der Waals surface area contributed by atoms with Crippen molar-refractivity contribution < 1.29 is 14.3 Å². The van der Waals surface area contributed by atoms with E-state index in [1.807, 2.05) is 32.0 Å². The minimum absolute atomic E-state index is 0.252. The fourth-order valence-corrected chi connectivity index (χ4v) is 3.68. The van der Waals surface area contributed by atoms with Gasteiger partial charge in [-0.1, -0.05) is 31.4 Å². The van der Waals surface area contributed by atoms with E-state index in [1.165, 1.54) is 0 Å². The Hall–Kier alpha value is -2.22. The molecule has 1 atom stereocenters. The Kier molecular flexibility index (Phi) is 4.64. The van der Waals surface area contributed by atoms with E-state index in [2.05, 4.69) is 11.4 Å². The van der Waals surface area contributed by atoms with E-state index >= 15 is 0 Å². The zero-order valence-electron chi connectivity index (χ0n) is 15.2. The number of fused-ring (bicyclic) bond motifs is 1. The lowest BCUT2D eigenvalue weighted by atomic mass is 9.83. The predicted molar refractivity (Wildman–Crippen MR) is 94.5 cm³/mol. The maximum atomic E-state index is 12.6. The van der Waals surface area contributed by atoms with Crippen LogP contribution in [0.5, 0.6) is 11.5 Å². The average Bonchev–Trinajstić information content (AvgIpc) is 2.90. The summed E-state index contributed by atoms with van der Waals surface area (Å²) in [7, 11) is 0. The number of hydrogen-bond donors (Lipinski definition) is 1. The fourth-order valence-electron chi connectivity index (χ4n) is 3.68. The van der Waals surface area contributed by atoms with Crippen LogP contribution in [-0.4, -0.2) is 23.2 Å². The number of nitrogens with one attached hydrogen (secondary N) is 1. The van der Waals surface area contributed by atoms with E-state index < -0.39 is 11.6 Å². The van der Waals surface area contributed by atoms with Crippen LogP contribution in [0.15, 0.2) is 18.2 Å². The Morgan fingerprint density at radius 3 is 2.72 bits per heavy atom. The molecule has 1 saturated carbocycles. The zero-order chi connectivity index (χ0) is 18.1. The Balaban J connectivity index is 1.69. The summed E-state index contributed by atoms with van der Waals surface area (Å²) < 4.78 is 11.9. The topological polar surface area (TPSA) is 71.3 Å². The highest BCUT2D eigenvalue weighted by Crippen LogP contribution is 2.42. The van der Waals surface area contributed by atoms with Crippen LogP contribution in [0.4, 0.5) is 0 Å². The molecule has 0 bridgehead atoms. The van der Waals surface area contributed by atoms with Gasteiger partial charge < -0.3 is 14.8 Å². The molecule has 1 aliphatic heterocycles. The van der Waals surface area contributed by atoms with Crippen LogP contribution in [0.1, 0.15) is 58.4 Å². The number of nitrogens with zero attached hydrogens (tertiary/aromatic N) is 1. The lowest BCUT2D eigenvalue weighted by molar-refractivity contribution is -0.129. The van der Waals surface area contributed by atoms with Crippen molar-refractivity contribution in [2.45, 2.75) is 76.5 Å². The Morgan fingerprint density at radius 1 is 1.32 bits per heavy atom. The Bertz CT molecular complexity index is 699. The third kappa shape index (κ3) is 3.73. The van der Waals surface area contributed by atoms with E-state index in [4.69, 9.17) is 9.47 Å². The summed E-state index contributed by atoms with van der Waals surface area (Å²) in [6, 6.07) is 8.07. The quantitative estimate of drug-likeness (QED) is 0.909. The summed E-state index contributed by atoms with van der Waals surface area (Å²) in [5.41, 5.74) is 0.0838. The van der Waals surface area contributed by atoms with E-state index in [-0.39, 0.29) is 11.5 Å². The Morgan fingerprint density at radius 2 is 2.04 bits per heavy atom. The molecular weight excluding hydrogens is 316 g/mol.